The van der Waals surface area contributed by atoms with Gasteiger partial charge in [0, 0.05) is 0 Å². The van der Waals surface area contributed by atoms with E-state index in [2.05, 4.69) is 35.2 Å². The Balaban J connectivity index is 1.39. The first kappa shape index (κ1) is 20.6. The van der Waals surface area contributed by atoms with Gasteiger partial charge in [-0.15, -0.1) is 0 Å². The number of para-hydroxylation sites is 2. The summed E-state index contributed by atoms with van der Waals surface area (Å²) in [5.41, 5.74) is 3.43. The number of carbonyl (C=O) groups excluding carboxylic acids is 2. The molecule has 0 fully saturated rings. The zero-order chi connectivity index (χ0) is 23.1. The van der Waals surface area contributed by atoms with Crippen molar-refractivity contribution in [2.45, 2.75) is 0 Å². The van der Waals surface area contributed by atoms with Crippen LogP contribution in [0.15, 0.2) is 115 Å². The number of hydrogen-bond acceptors (Lipinski definition) is 3. The predicted octanol–water partition coefficient (Wildman–Crippen LogP) is 6.83. The van der Waals surface area contributed by atoms with Crippen molar-refractivity contribution in [1.82, 2.24) is 0 Å². The average Bonchev–Trinajstić information content (AvgIpc) is 3.43. The van der Waals surface area contributed by atoms with Crippen LogP contribution in [0.25, 0.3) is 16.8 Å². The van der Waals surface area contributed by atoms with Crippen LogP contribution in [0, 0.1) is 0 Å². The van der Waals surface area contributed by atoms with Crippen LogP contribution in [-0.4, -0.2) is 26.1 Å². The van der Waals surface area contributed by atoms with E-state index in [0.717, 1.165) is 31.1 Å². The Morgan fingerprint density at radius 3 is 1.62 bits per heavy atom. The van der Waals surface area contributed by atoms with Gasteiger partial charge in [-0.1, -0.05) is 0 Å². The molecule has 0 unspecified atom stereocenters. The van der Waals surface area contributed by atoms with Crippen LogP contribution in [0.2, 0.25) is 0 Å². The number of ketones is 2. The first-order chi connectivity index (χ1) is 16.7. The summed E-state index contributed by atoms with van der Waals surface area (Å²) < 4.78 is 2.16. The number of carbonyl (C=O) groups is 2. The van der Waals surface area contributed by atoms with Crippen LogP contribution in [0.3, 0.4) is 0 Å². The van der Waals surface area contributed by atoms with E-state index < -0.39 is 0 Å². The van der Waals surface area contributed by atoms with Crippen molar-refractivity contribution in [3.05, 3.63) is 130 Å². The molecule has 1 aromatic heterocycles. The Hall–Kier alpha value is -3.98. The van der Waals surface area contributed by atoms with Gasteiger partial charge in [-0.3, -0.25) is 0 Å². The first-order valence-corrected chi connectivity index (χ1v) is 12.7. The Kier molecular flexibility index (Phi) is 5.10. The van der Waals surface area contributed by atoms with Gasteiger partial charge in [-0.2, -0.15) is 0 Å². The van der Waals surface area contributed by atoms with Gasteiger partial charge < -0.3 is 0 Å². The van der Waals surface area contributed by atoms with Gasteiger partial charge in [-0.25, -0.2) is 0 Å². The number of fused-ring (bicyclic) bond motifs is 2. The molecular weight excluding hydrogens is 485 g/mol. The molecule has 0 amide bonds. The van der Waals surface area contributed by atoms with Crippen LogP contribution in [0.5, 0.6) is 0 Å². The van der Waals surface area contributed by atoms with Gasteiger partial charge >= 0.3 is 204 Å². The molecule has 1 aliphatic carbocycles. The zero-order valence-corrected chi connectivity index (χ0v) is 19.9. The molecule has 0 atom stereocenters. The molecule has 0 saturated carbocycles. The molecule has 34 heavy (non-hydrogen) atoms. The summed E-state index contributed by atoms with van der Waals surface area (Å²) in [4.78, 5) is 28.6. The van der Waals surface area contributed by atoms with Crippen molar-refractivity contribution in [2.24, 2.45) is 0 Å². The molecule has 1 heterocycles. The molecule has 0 N–H and O–H groups in total. The third-order valence-electron chi connectivity index (χ3n) is 6.01. The molecule has 3 nitrogen and oxygen atoms in total. The molecule has 0 radical (unpaired) electrons. The van der Waals surface area contributed by atoms with Crippen molar-refractivity contribution in [3.63, 3.8) is 0 Å². The minimum absolute atomic E-state index is 0.0568. The number of Topliss-reactive ketones (excluding diaryl/α,β-unsaturated/α-hetero) is 2. The van der Waals surface area contributed by atoms with E-state index in [0.29, 0.717) is 11.1 Å². The van der Waals surface area contributed by atoms with Crippen LogP contribution in [0.4, 0.5) is 15.9 Å². The fourth-order valence-corrected chi connectivity index (χ4v) is 6.46. The quantitative estimate of drug-likeness (QED) is 0.153. The Morgan fingerprint density at radius 1 is 0.588 bits per heavy atom. The van der Waals surface area contributed by atoms with Gasteiger partial charge in [0.1, 0.15) is 0 Å². The van der Waals surface area contributed by atoms with Crippen LogP contribution < -0.4 is 4.90 Å². The van der Waals surface area contributed by atoms with Crippen LogP contribution in [-0.2, 0) is 0 Å². The van der Waals surface area contributed by atoms with E-state index in [1.807, 2.05) is 78.9 Å². The van der Waals surface area contributed by atoms with Gasteiger partial charge in [-0.05, 0) is 0 Å². The number of anilines is 3. The van der Waals surface area contributed by atoms with Crippen molar-refractivity contribution >= 4 is 58.9 Å². The zero-order valence-electron chi connectivity index (χ0n) is 18.1. The van der Waals surface area contributed by atoms with E-state index in [9.17, 15) is 9.59 Å². The van der Waals surface area contributed by atoms with Crippen molar-refractivity contribution in [3.8, 4) is 0 Å². The third kappa shape index (κ3) is 3.54. The minimum atomic E-state index is -0.182. The predicted molar refractivity (Wildman–Crippen MR) is 139 cm³/mol. The Morgan fingerprint density at radius 2 is 1.09 bits per heavy atom. The molecule has 4 heteroatoms. The summed E-state index contributed by atoms with van der Waals surface area (Å²) in [6.07, 6.45) is 1.80. The summed E-state index contributed by atoms with van der Waals surface area (Å²) in [6.45, 7) is 0. The third-order valence-corrected chi connectivity index (χ3v) is 8.15. The van der Waals surface area contributed by atoms with E-state index in [1.54, 1.807) is 6.08 Å². The molecule has 0 aliphatic heterocycles. The molecule has 0 spiro atoms. The van der Waals surface area contributed by atoms with E-state index in [-0.39, 0.29) is 31.6 Å². The van der Waals surface area contributed by atoms with Gasteiger partial charge in [0.2, 0.25) is 0 Å². The van der Waals surface area contributed by atoms with E-state index in [1.165, 1.54) is 0 Å². The average molecular weight is 504 g/mol. The molecule has 0 saturated heterocycles. The summed E-state index contributed by atoms with van der Waals surface area (Å²) >= 11 is -0.0568. The second-order valence-corrected chi connectivity index (χ2v) is 10.4. The number of hydrogen-bond donors (Lipinski definition) is 0. The molecule has 5 aromatic rings. The second-order valence-electron chi connectivity index (χ2n) is 8.14. The number of allylic oxidation sites excluding steroid dienone is 1. The van der Waals surface area contributed by atoms with Crippen molar-refractivity contribution in [1.29, 1.82) is 0 Å². The fraction of sp³-hybridized carbons (Fsp3) is 0. The van der Waals surface area contributed by atoms with E-state index in [4.69, 9.17) is 0 Å². The molecule has 0 bridgehead atoms. The van der Waals surface area contributed by atoms with Gasteiger partial charge in [0.15, 0.2) is 0 Å². The molecule has 162 valence electrons. The number of nitrogens with zero attached hydrogens (tertiary/aromatic N) is 1. The summed E-state index contributed by atoms with van der Waals surface area (Å²) in [5.74, 6) is -0.363. The molecule has 6 rings (SSSR count). The van der Waals surface area contributed by atoms with Crippen LogP contribution in [0.1, 0.15) is 25.2 Å². The van der Waals surface area contributed by atoms with E-state index >= 15 is 0 Å². The molecule has 1 aliphatic rings. The standard InChI is InChI=1S/C30H19NO2Se/c32-29-25-17-20-9-7-8-10-21(20)18-26(25)30(33)27(29)19-24-15-16-28(34-24)31(22-11-3-1-4-12-22)23-13-5-2-6-14-23/h1-19H. The Bertz CT molecular complexity index is 1490. The fourth-order valence-electron chi connectivity index (χ4n) is 4.38. The topological polar surface area (TPSA) is 37.4 Å². The molecule has 4 aromatic carbocycles. The SMILES string of the molecule is O=C1C(=Cc2ccc(N(c3ccccc3)c3ccccc3)[se]2)C(=O)c2cc3ccccc3cc21. The normalized spacial score (nSPS) is 12.8. The van der Waals surface area contributed by atoms with Crippen LogP contribution >= 0.6 is 0 Å². The number of benzene rings is 4. The molecular formula is C30H19NO2Se. The maximum atomic E-state index is 13.2. The first-order valence-electron chi connectivity index (χ1n) is 11.0. The maximum absolute atomic E-state index is 13.2. The summed E-state index contributed by atoms with van der Waals surface area (Å²) in [5, 5.41) is 1.94. The van der Waals surface area contributed by atoms with Gasteiger partial charge in [0.25, 0.3) is 0 Å². The second kappa shape index (κ2) is 8.42. The number of rotatable bonds is 4. The van der Waals surface area contributed by atoms with Crippen molar-refractivity contribution < 1.29 is 9.59 Å². The van der Waals surface area contributed by atoms with Gasteiger partial charge in [0.05, 0.1) is 0 Å². The summed E-state index contributed by atoms with van der Waals surface area (Å²) in [6, 6.07) is 36.1. The Labute approximate surface area is 203 Å². The summed E-state index contributed by atoms with van der Waals surface area (Å²) in [7, 11) is 0. The monoisotopic (exact) mass is 505 g/mol. The van der Waals surface area contributed by atoms with Crippen molar-refractivity contribution in [2.75, 3.05) is 4.90 Å².